The number of nitrogens with zero attached hydrogens (tertiary/aromatic N) is 2. The summed E-state index contributed by atoms with van der Waals surface area (Å²) in [6.45, 7) is 1.96. The Morgan fingerprint density at radius 1 is 0.786 bits per heavy atom. The molecule has 4 rings (SSSR count). The molecule has 28 heavy (non-hydrogen) atoms. The molecule has 0 amide bonds. The van der Waals surface area contributed by atoms with Crippen LogP contribution in [-0.4, -0.2) is 14.7 Å². The minimum Gasteiger partial charge on any atom is -0.387 e. The second kappa shape index (κ2) is 7.83. The fourth-order valence-electron chi connectivity index (χ4n) is 3.89. The van der Waals surface area contributed by atoms with Gasteiger partial charge in [-0.3, -0.25) is 0 Å². The van der Waals surface area contributed by atoms with Gasteiger partial charge in [-0.25, -0.2) is 4.98 Å². The highest BCUT2D eigenvalue weighted by Crippen LogP contribution is 2.41. The Bertz CT molecular complexity index is 913. The summed E-state index contributed by atoms with van der Waals surface area (Å²) in [6, 6.07) is 31.4. The van der Waals surface area contributed by atoms with Crippen molar-refractivity contribution >= 4 is 0 Å². The maximum absolute atomic E-state index is 10.3. The van der Waals surface area contributed by atoms with Gasteiger partial charge in [0.25, 0.3) is 0 Å². The maximum atomic E-state index is 10.3. The van der Waals surface area contributed by atoms with Gasteiger partial charge in [-0.15, -0.1) is 0 Å². The smallest absolute Gasteiger partial charge is 0.121 e. The molecule has 1 atom stereocenters. The van der Waals surface area contributed by atoms with Crippen LogP contribution in [0.15, 0.2) is 104 Å². The Morgan fingerprint density at radius 2 is 1.21 bits per heavy atom. The van der Waals surface area contributed by atoms with Crippen LogP contribution < -0.4 is 0 Å². The highest BCUT2D eigenvalue weighted by atomic mass is 16.3. The van der Waals surface area contributed by atoms with E-state index in [1.54, 1.807) is 0 Å². The van der Waals surface area contributed by atoms with Crippen LogP contribution in [0.3, 0.4) is 0 Å². The molecule has 0 aliphatic heterocycles. The Kier molecular flexibility index (Phi) is 5.09. The lowest BCUT2D eigenvalue weighted by Gasteiger charge is -2.37. The first-order valence-corrected chi connectivity index (χ1v) is 9.65. The predicted molar refractivity (Wildman–Crippen MR) is 112 cm³/mol. The van der Waals surface area contributed by atoms with Crippen molar-refractivity contribution in [2.24, 2.45) is 0 Å². The molecule has 1 N–H and O–H groups in total. The summed E-state index contributed by atoms with van der Waals surface area (Å²) in [6.07, 6.45) is 3.87. The number of aliphatic hydroxyl groups excluding tert-OH is 1. The summed E-state index contributed by atoms with van der Waals surface area (Å²) in [5.41, 5.74) is 3.53. The van der Waals surface area contributed by atoms with Gasteiger partial charge in [-0.05, 0) is 23.1 Å². The molecular weight excluding hydrogens is 344 g/mol. The molecule has 0 unspecified atom stereocenters. The van der Waals surface area contributed by atoms with Crippen molar-refractivity contribution in [2.75, 3.05) is 0 Å². The van der Waals surface area contributed by atoms with Crippen LogP contribution in [0.5, 0.6) is 0 Å². The molecule has 1 aromatic heterocycles. The molecule has 0 saturated carbocycles. The van der Waals surface area contributed by atoms with Gasteiger partial charge in [0.15, 0.2) is 0 Å². The molecule has 3 heteroatoms. The number of hydrogen-bond acceptors (Lipinski definition) is 2. The Hall–Kier alpha value is -3.17. The van der Waals surface area contributed by atoms with Gasteiger partial charge >= 0.3 is 0 Å². The van der Waals surface area contributed by atoms with Gasteiger partial charge < -0.3 is 9.67 Å². The number of rotatable bonds is 6. The van der Waals surface area contributed by atoms with Crippen LogP contribution in [0.4, 0.5) is 0 Å². The highest BCUT2D eigenvalue weighted by molar-refractivity contribution is 5.50. The van der Waals surface area contributed by atoms with Crippen molar-refractivity contribution in [1.29, 1.82) is 0 Å². The summed E-state index contributed by atoms with van der Waals surface area (Å²) < 4.78 is 2.13. The van der Waals surface area contributed by atoms with Crippen LogP contribution in [0.25, 0.3) is 0 Å². The maximum Gasteiger partial charge on any atom is 0.121 e. The molecule has 0 aliphatic carbocycles. The lowest BCUT2D eigenvalue weighted by atomic mass is 9.77. The molecule has 0 bridgehead atoms. The molecule has 3 aromatic carbocycles. The third kappa shape index (κ3) is 3.04. The van der Waals surface area contributed by atoms with Crippen molar-refractivity contribution in [3.63, 3.8) is 0 Å². The van der Waals surface area contributed by atoms with Crippen LogP contribution in [0, 0.1) is 0 Å². The predicted octanol–water partition coefficient (Wildman–Crippen LogP) is 5.17. The molecule has 3 nitrogen and oxygen atoms in total. The zero-order valence-electron chi connectivity index (χ0n) is 15.9. The van der Waals surface area contributed by atoms with Gasteiger partial charge in [0, 0.05) is 6.20 Å². The van der Waals surface area contributed by atoms with Gasteiger partial charge in [-0.2, -0.15) is 0 Å². The van der Waals surface area contributed by atoms with E-state index in [1.165, 1.54) is 0 Å². The molecule has 0 radical (unpaired) electrons. The summed E-state index contributed by atoms with van der Waals surface area (Å²) >= 11 is 0. The first-order valence-electron chi connectivity index (χ1n) is 9.65. The zero-order valence-corrected chi connectivity index (χ0v) is 15.9. The van der Waals surface area contributed by atoms with Gasteiger partial charge in [0.1, 0.15) is 5.54 Å². The summed E-state index contributed by atoms with van der Waals surface area (Å²) in [5, 5.41) is 10.3. The Morgan fingerprint density at radius 3 is 1.61 bits per heavy atom. The highest BCUT2D eigenvalue weighted by Gasteiger charge is 2.38. The van der Waals surface area contributed by atoms with Gasteiger partial charge in [0.05, 0.1) is 18.1 Å². The van der Waals surface area contributed by atoms with Gasteiger partial charge in [0.2, 0.25) is 0 Å². The third-order valence-electron chi connectivity index (χ3n) is 5.29. The molecule has 0 aliphatic rings. The number of aromatic nitrogens is 2. The topological polar surface area (TPSA) is 38.0 Å². The fraction of sp³-hybridized carbons (Fsp3) is 0.160. The first kappa shape index (κ1) is 18.2. The summed E-state index contributed by atoms with van der Waals surface area (Å²) in [5.74, 6) is 0. The number of benzene rings is 3. The van der Waals surface area contributed by atoms with Crippen molar-refractivity contribution in [3.05, 3.63) is 126 Å². The second-order valence-electron chi connectivity index (χ2n) is 6.94. The van der Waals surface area contributed by atoms with Crippen molar-refractivity contribution in [1.82, 2.24) is 9.55 Å². The number of aliphatic hydroxyl groups is 1. The molecular formula is C25H24N2O. The largest absolute Gasteiger partial charge is 0.387 e. The van der Waals surface area contributed by atoms with Crippen LogP contribution in [-0.2, 0) is 5.54 Å². The fourth-order valence-corrected chi connectivity index (χ4v) is 3.89. The zero-order chi connectivity index (χ0) is 19.4. The van der Waals surface area contributed by atoms with E-state index in [9.17, 15) is 5.11 Å². The standard InChI is InChI=1S/C25H24N2O/c1-2-24(28)23-18-27(19-26-23)25(20-12-6-3-7-13-20,21-14-8-4-9-15-21)22-16-10-5-11-17-22/h3-19,24,28H,2H2,1H3/t24-/m0/s1. The molecule has 0 fully saturated rings. The number of hydrogen-bond donors (Lipinski definition) is 1. The lowest BCUT2D eigenvalue weighted by Crippen LogP contribution is -2.36. The molecule has 0 spiro atoms. The number of imidazole rings is 1. The van der Waals surface area contributed by atoms with E-state index >= 15 is 0 Å². The lowest BCUT2D eigenvalue weighted by molar-refractivity contribution is 0.169. The molecule has 1 heterocycles. The van der Waals surface area contributed by atoms with Crippen molar-refractivity contribution in [2.45, 2.75) is 25.0 Å². The van der Waals surface area contributed by atoms with E-state index < -0.39 is 11.6 Å². The van der Waals surface area contributed by atoms with E-state index in [1.807, 2.05) is 37.6 Å². The Labute approximate surface area is 165 Å². The first-order chi connectivity index (χ1) is 13.8. The monoisotopic (exact) mass is 368 g/mol. The van der Waals surface area contributed by atoms with Crippen LogP contribution in [0.2, 0.25) is 0 Å². The van der Waals surface area contributed by atoms with E-state index in [2.05, 4.69) is 82.3 Å². The summed E-state index contributed by atoms with van der Waals surface area (Å²) in [7, 11) is 0. The second-order valence-corrected chi connectivity index (χ2v) is 6.94. The molecule has 140 valence electrons. The van der Waals surface area contributed by atoms with E-state index in [0.29, 0.717) is 12.1 Å². The van der Waals surface area contributed by atoms with E-state index in [0.717, 1.165) is 16.7 Å². The third-order valence-corrected chi connectivity index (χ3v) is 5.29. The minimum absolute atomic E-state index is 0.568. The average Bonchev–Trinajstić information content (AvgIpc) is 3.26. The SMILES string of the molecule is CC[C@H](O)c1cn(C(c2ccccc2)(c2ccccc2)c2ccccc2)cn1. The average molecular weight is 368 g/mol. The quantitative estimate of drug-likeness (QED) is 0.477. The summed E-state index contributed by atoms with van der Waals surface area (Å²) in [4.78, 5) is 4.54. The van der Waals surface area contributed by atoms with Crippen LogP contribution >= 0.6 is 0 Å². The molecule has 4 aromatic rings. The minimum atomic E-state index is -0.581. The van der Waals surface area contributed by atoms with Crippen LogP contribution in [0.1, 0.15) is 41.8 Å². The van der Waals surface area contributed by atoms with Crippen molar-refractivity contribution in [3.8, 4) is 0 Å². The van der Waals surface area contributed by atoms with E-state index in [4.69, 9.17) is 0 Å². The van der Waals surface area contributed by atoms with Crippen molar-refractivity contribution < 1.29 is 5.11 Å². The molecule has 0 saturated heterocycles. The normalized spacial score (nSPS) is 12.6. The van der Waals surface area contributed by atoms with Gasteiger partial charge in [-0.1, -0.05) is 97.9 Å². The van der Waals surface area contributed by atoms with E-state index in [-0.39, 0.29) is 0 Å². The Balaban J connectivity index is 2.06.